The van der Waals surface area contributed by atoms with E-state index in [4.69, 9.17) is 9.47 Å². The molecule has 1 fully saturated rings. The fraction of sp³-hybridized carbons (Fsp3) is 0.393. The van der Waals surface area contributed by atoms with Crippen molar-refractivity contribution in [3.63, 3.8) is 0 Å². The molecule has 202 valence electrons. The highest BCUT2D eigenvalue weighted by Crippen LogP contribution is 2.32. The monoisotopic (exact) mass is 524 g/mol. The van der Waals surface area contributed by atoms with Crippen molar-refractivity contribution in [1.82, 2.24) is 20.0 Å². The van der Waals surface area contributed by atoms with Crippen LogP contribution in [0.1, 0.15) is 35.8 Å². The molecule has 3 amide bonds. The Morgan fingerprint density at radius 2 is 1.87 bits per heavy atom. The molecule has 0 spiro atoms. The van der Waals surface area contributed by atoms with Gasteiger partial charge in [0, 0.05) is 50.5 Å². The summed E-state index contributed by atoms with van der Waals surface area (Å²) in [5.74, 6) is -0.411. The Morgan fingerprint density at radius 3 is 2.50 bits per heavy atom. The molecule has 2 aromatic rings. The third-order valence-corrected chi connectivity index (χ3v) is 6.94. The minimum Gasteiger partial charge on any atom is -0.497 e. The fourth-order valence-electron chi connectivity index (χ4n) is 4.92. The van der Waals surface area contributed by atoms with E-state index in [0.29, 0.717) is 48.8 Å². The topological polar surface area (TPSA) is 91.4 Å². The molecule has 2 atom stereocenters. The van der Waals surface area contributed by atoms with E-state index in [1.807, 2.05) is 11.8 Å². The van der Waals surface area contributed by atoms with Crippen LogP contribution in [0.15, 0.2) is 59.8 Å². The normalized spacial score (nSPS) is 20.3. The smallest absolute Gasteiger partial charge is 0.338 e. The Hall–Kier alpha value is -3.92. The Kier molecular flexibility index (Phi) is 8.31. The lowest BCUT2D eigenvalue weighted by Crippen LogP contribution is -2.56. The molecule has 1 N–H and O–H groups in total. The van der Waals surface area contributed by atoms with Gasteiger partial charge in [0.25, 0.3) is 5.91 Å². The number of nitrogens with one attached hydrogen (secondary N) is 1. The number of carbonyl (C=O) groups is 3. The van der Waals surface area contributed by atoms with Gasteiger partial charge in [0.15, 0.2) is 0 Å². The lowest BCUT2D eigenvalue weighted by atomic mass is 9.94. The Balaban J connectivity index is 1.58. The second-order valence-electron chi connectivity index (χ2n) is 9.39. The number of amides is 3. The number of methoxy groups -OCH3 is 1. The van der Waals surface area contributed by atoms with Gasteiger partial charge in [-0.1, -0.05) is 12.1 Å². The average molecular weight is 525 g/mol. The molecule has 10 heteroatoms. The zero-order valence-corrected chi connectivity index (χ0v) is 22.1. The Labute approximate surface area is 221 Å². The maximum Gasteiger partial charge on any atom is 0.338 e. The number of likely N-dealkylation sites (N-methyl/N-ethyl adjacent to an activating group) is 1. The summed E-state index contributed by atoms with van der Waals surface area (Å²) < 4.78 is 24.6. The second kappa shape index (κ2) is 11.6. The Bertz CT molecular complexity index is 1230. The van der Waals surface area contributed by atoms with E-state index in [1.54, 1.807) is 57.5 Å². The summed E-state index contributed by atoms with van der Waals surface area (Å²) in [6.07, 6.45) is 0. The molecular formula is C28H33FN4O5. The van der Waals surface area contributed by atoms with Gasteiger partial charge in [-0.25, -0.2) is 14.0 Å². The maximum atomic E-state index is 14.0. The van der Waals surface area contributed by atoms with Crippen LogP contribution < -0.4 is 10.1 Å². The second-order valence-corrected chi connectivity index (χ2v) is 9.39. The summed E-state index contributed by atoms with van der Waals surface area (Å²) in [6.45, 7) is 5.71. The number of ether oxygens (including phenoxy) is 2. The first-order valence-corrected chi connectivity index (χ1v) is 12.6. The van der Waals surface area contributed by atoms with Gasteiger partial charge < -0.3 is 19.7 Å². The predicted molar refractivity (Wildman–Crippen MR) is 139 cm³/mol. The minimum atomic E-state index is -0.848. The zero-order chi connectivity index (χ0) is 27.4. The fourth-order valence-corrected chi connectivity index (χ4v) is 4.92. The van der Waals surface area contributed by atoms with Crippen LogP contribution in [0.3, 0.4) is 0 Å². The first-order valence-electron chi connectivity index (χ1n) is 12.6. The Morgan fingerprint density at radius 1 is 1.13 bits per heavy atom. The number of halogens is 1. The van der Waals surface area contributed by atoms with Crippen LogP contribution >= 0.6 is 0 Å². The van der Waals surface area contributed by atoms with Gasteiger partial charge in [-0.05, 0) is 55.8 Å². The van der Waals surface area contributed by atoms with Gasteiger partial charge in [-0.2, -0.15) is 0 Å². The number of urea groups is 1. The molecule has 9 nitrogen and oxygen atoms in total. The summed E-state index contributed by atoms with van der Waals surface area (Å²) in [5, 5.41) is 2.80. The zero-order valence-electron chi connectivity index (χ0n) is 22.1. The van der Waals surface area contributed by atoms with Crippen LogP contribution in [0.25, 0.3) is 0 Å². The predicted octanol–water partition coefficient (Wildman–Crippen LogP) is 3.19. The van der Waals surface area contributed by atoms with Crippen LogP contribution in [-0.4, -0.2) is 85.6 Å². The number of nitrogens with zero attached hydrogens (tertiary/aromatic N) is 3. The van der Waals surface area contributed by atoms with E-state index in [0.717, 1.165) is 0 Å². The van der Waals surface area contributed by atoms with Gasteiger partial charge >= 0.3 is 12.0 Å². The van der Waals surface area contributed by atoms with Crippen LogP contribution in [0, 0.1) is 5.82 Å². The van der Waals surface area contributed by atoms with Gasteiger partial charge in [0.2, 0.25) is 0 Å². The highest BCUT2D eigenvalue weighted by Gasteiger charge is 2.38. The summed E-state index contributed by atoms with van der Waals surface area (Å²) in [5.41, 5.74) is 1.79. The summed E-state index contributed by atoms with van der Waals surface area (Å²) in [7, 11) is 3.17. The molecule has 0 saturated carbocycles. The number of carbonyl (C=O) groups excluding carboxylic acids is 3. The highest BCUT2D eigenvalue weighted by atomic mass is 19.1. The first kappa shape index (κ1) is 27.1. The van der Waals surface area contributed by atoms with E-state index < -0.39 is 23.9 Å². The number of esters is 1. The van der Waals surface area contributed by atoms with Gasteiger partial charge in [0.05, 0.1) is 25.3 Å². The third-order valence-electron chi connectivity index (χ3n) is 6.94. The van der Waals surface area contributed by atoms with Gasteiger partial charge in [-0.3, -0.25) is 14.6 Å². The van der Waals surface area contributed by atoms with Crippen molar-refractivity contribution in [3.8, 4) is 5.75 Å². The molecule has 0 aromatic heterocycles. The van der Waals surface area contributed by atoms with E-state index in [9.17, 15) is 18.8 Å². The molecule has 2 aliphatic heterocycles. The molecule has 2 heterocycles. The minimum absolute atomic E-state index is 0.0634. The number of hydrogen-bond acceptors (Lipinski definition) is 6. The molecule has 0 unspecified atom stereocenters. The molecule has 2 aromatic carbocycles. The van der Waals surface area contributed by atoms with Gasteiger partial charge in [0.1, 0.15) is 11.6 Å². The van der Waals surface area contributed by atoms with E-state index in [2.05, 4.69) is 10.2 Å². The summed E-state index contributed by atoms with van der Waals surface area (Å²) >= 11 is 0. The van der Waals surface area contributed by atoms with Crippen molar-refractivity contribution in [2.45, 2.75) is 25.9 Å². The number of hydrogen-bond donors (Lipinski definition) is 1. The molecule has 1 saturated heterocycles. The molecule has 0 bridgehead atoms. The maximum absolute atomic E-state index is 14.0. The number of rotatable bonds is 7. The molecule has 2 aliphatic rings. The lowest BCUT2D eigenvalue weighted by molar-refractivity contribution is -0.139. The quantitative estimate of drug-likeness (QED) is 0.560. The van der Waals surface area contributed by atoms with Crippen LogP contribution in [0.4, 0.5) is 9.18 Å². The van der Waals surface area contributed by atoms with Crippen molar-refractivity contribution in [3.05, 3.63) is 76.7 Å². The summed E-state index contributed by atoms with van der Waals surface area (Å²) in [4.78, 5) is 44.5. The largest absolute Gasteiger partial charge is 0.497 e. The van der Waals surface area contributed by atoms with E-state index in [-0.39, 0.29) is 24.1 Å². The van der Waals surface area contributed by atoms with E-state index in [1.165, 1.54) is 17.0 Å². The van der Waals surface area contributed by atoms with Crippen molar-refractivity contribution >= 4 is 17.9 Å². The highest BCUT2D eigenvalue weighted by molar-refractivity contribution is 5.95. The first-order chi connectivity index (χ1) is 18.2. The average Bonchev–Trinajstić information content (AvgIpc) is 2.91. The summed E-state index contributed by atoms with van der Waals surface area (Å²) in [6, 6.07) is 11.5. The van der Waals surface area contributed by atoms with Crippen LogP contribution in [0.5, 0.6) is 5.75 Å². The van der Waals surface area contributed by atoms with Crippen molar-refractivity contribution < 1.29 is 28.2 Å². The molecule has 4 rings (SSSR count). The molecule has 38 heavy (non-hydrogen) atoms. The standard InChI is InChI=1S/C28H33FN4O5/c1-5-38-27(35)24-23(31(3)28(36)30-25(24)20-7-6-8-21(29)15-20)17-32-13-14-33(18(2)16-32)26(34)19-9-11-22(37-4)12-10-19/h6-12,15,18,25H,5,13-14,16-17H2,1-4H3,(H,30,36)/t18-,25+/m1/s1. The van der Waals surface area contributed by atoms with Crippen molar-refractivity contribution in [1.29, 1.82) is 0 Å². The molecule has 0 aliphatic carbocycles. The number of piperazine rings is 1. The lowest BCUT2D eigenvalue weighted by Gasteiger charge is -2.42. The molecule has 0 radical (unpaired) electrons. The van der Waals surface area contributed by atoms with Crippen molar-refractivity contribution in [2.24, 2.45) is 0 Å². The SMILES string of the molecule is CCOC(=O)C1=C(CN2CCN(C(=O)c3ccc(OC)cc3)[C@H](C)C2)N(C)C(=O)N[C@H]1c1cccc(F)c1. The van der Waals surface area contributed by atoms with Crippen LogP contribution in [0.2, 0.25) is 0 Å². The third kappa shape index (κ3) is 5.65. The van der Waals surface area contributed by atoms with Gasteiger partial charge in [-0.15, -0.1) is 0 Å². The number of benzene rings is 2. The molecular weight excluding hydrogens is 491 g/mol. The van der Waals surface area contributed by atoms with E-state index >= 15 is 0 Å². The van der Waals surface area contributed by atoms with Crippen molar-refractivity contribution in [2.75, 3.05) is 46.9 Å². The van der Waals surface area contributed by atoms with Crippen LogP contribution in [-0.2, 0) is 9.53 Å².